The fraction of sp³-hybridized carbons (Fsp3) is 0.318. The van der Waals surface area contributed by atoms with E-state index in [2.05, 4.69) is 24.1 Å². The molecule has 0 aliphatic carbocycles. The number of fused-ring (bicyclic) bond motifs is 4. The molecule has 0 unspecified atom stereocenters. The summed E-state index contributed by atoms with van der Waals surface area (Å²) in [4.78, 5) is 15.7. The lowest BCUT2D eigenvalue weighted by Crippen LogP contribution is -2.25. The van der Waals surface area contributed by atoms with Crippen molar-refractivity contribution in [1.29, 1.82) is 0 Å². The molecule has 5 nitrogen and oxygen atoms in total. The van der Waals surface area contributed by atoms with Gasteiger partial charge in [-0.3, -0.25) is 0 Å². The third-order valence-corrected chi connectivity index (χ3v) is 5.13. The third-order valence-electron chi connectivity index (χ3n) is 5.13. The average Bonchev–Trinajstić information content (AvgIpc) is 2.92. The lowest BCUT2D eigenvalue weighted by Gasteiger charge is -2.16. The van der Waals surface area contributed by atoms with E-state index in [1.165, 1.54) is 16.0 Å². The smallest absolute Gasteiger partial charge is 0.414 e. The van der Waals surface area contributed by atoms with Gasteiger partial charge in [-0.25, -0.2) is 4.79 Å². The van der Waals surface area contributed by atoms with Gasteiger partial charge in [-0.15, -0.1) is 0 Å². The third kappa shape index (κ3) is 3.43. The molecule has 2 heterocycles. The second-order valence-electron chi connectivity index (χ2n) is 7.28. The van der Waals surface area contributed by atoms with Crippen molar-refractivity contribution in [1.82, 2.24) is 9.80 Å². The van der Waals surface area contributed by atoms with Crippen LogP contribution in [0, 0.1) is 0 Å². The van der Waals surface area contributed by atoms with Crippen LogP contribution in [0.3, 0.4) is 0 Å². The summed E-state index contributed by atoms with van der Waals surface area (Å²) in [6.45, 7) is 2.00. The Morgan fingerprint density at radius 1 is 1.00 bits per heavy atom. The van der Waals surface area contributed by atoms with Gasteiger partial charge in [0, 0.05) is 38.3 Å². The average molecular weight is 364 g/mol. The number of hydrogen-bond donors (Lipinski definition) is 0. The number of rotatable bonds is 1. The van der Waals surface area contributed by atoms with Gasteiger partial charge in [-0.2, -0.15) is 0 Å². The lowest BCUT2D eigenvalue weighted by atomic mass is 9.91. The molecule has 0 saturated carbocycles. The number of nitrogens with zero attached hydrogens (tertiary/aromatic N) is 2. The maximum absolute atomic E-state index is 12.0. The zero-order valence-electron chi connectivity index (χ0n) is 16.0. The van der Waals surface area contributed by atoms with Crippen molar-refractivity contribution in [3.8, 4) is 17.2 Å². The van der Waals surface area contributed by atoms with Crippen LogP contribution in [0.2, 0.25) is 0 Å². The van der Waals surface area contributed by atoms with Crippen LogP contribution in [0.15, 0.2) is 42.5 Å². The number of ether oxygens (including phenoxy) is 2. The summed E-state index contributed by atoms with van der Waals surface area (Å²) in [5.41, 5.74) is 4.78. The molecular formula is C22H24N2O3. The topological polar surface area (TPSA) is 42.0 Å². The molecule has 5 heteroatoms. The molecule has 0 spiro atoms. The first-order chi connectivity index (χ1) is 13.0. The molecular weight excluding hydrogens is 340 g/mol. The molecule has 2 aromatic rings. The molecule has 0 aromatic heterocycles. The minimum absolute atomic E-state index is 0.387. The van der Waals surface area contributed by atoms with Crippen LogP contribution in [0.4, 0.5) is 4.79 Å². The first kappa shape index (κ1) is 17.6. The zero-order chi connectivity index (χ0) is 19.0. The number of para-hydroxylation sites is 1. The highest BCUT2D eigenvalue weighted by atomic mass is 16.6. The molecule has 4 rings (SSSR count). The van der Waals surface area contributed by atoms with E-state index in [0.717, 1.165) is 48.6 Å². The minimum Gasteiger partial charge on any atom is -0.456 e. The quantitative estimate of drug-likeness (QED) is 0.748. The van der Waals surface area contributed by atoms with E-state index < -0.39 is 0 Å². The number of amides is 1. The summed E-state index contributed by atoms with van der Waals surface area (Å²) in [5.74, 6) is 2.22. The van der Waals surface area contributed by atoms with Crippen LogP contribution >= 0.6 is 0 Å². The molecule has 0 saturated heterocycles. The first-order valence-corrected chi connectivity index (χ1v) is 9.24. The Hall–Kier alpha value is -2.79. The fourth-order valence-corrected chi connectivity index (χ4v) is 3.63. The van der Waals surface area contributed by atoms with Gasteiger partial charge in [0.05, 0.1) is 0 Å². The Morgan fingerprint density at radius 3 is 2.41 bits per heavy atom. The Labute approximate surface area is 159 Å². The van der Waals surface area contributed by atoms with Gasteiger partial charge >= 0.3 is 6.09 Å². The van der Waals surface area contributed by atoms with Crippen LogP contribution in [0.5, 0.6) is 17.2 Å². The van der Waals surface area contributed by atoms with E-state index in [4.69, 9.17) is 9.47 Å². The van der Waals surface area contributed by atoms with Gasteiger partial charge in [-0.1, -0.05) is 18.2 Å². The predicted octanol–water partition coefficient (Wildman–Crippen LogP) is 4.49. The highest BCUT2D eigenvalue weighted by molar-refractivity contribution is 5.96. The predicted molar refractivity (Wildman–Crippen MR) is 106 cm³/mol. The van der Waals surface area contributed by atoms with Crippen LogP contribution in [-0.4, -0.2) is 50.1 Å². The van der Waals surface area contributed by atoms with Crippen LogP contribution in [0.25, 0.3) is 11.1 Å². The van der Waals surface area contributed by atoms with E-state index in [-0.39, 0.29) is 6.09 Å². The maximum Gasteiger partial charge on any atom is 0.414 e. The first-order valence-electron chi connectivity index (χ1n) is 9.24. The summed E-state index contributed by atoms with van der Waals surface area (Å²) < 4.78 is 11.8. The largest absolute Gasteiger partial charge is 0.456 e. The van der Waals surface area contributed by atoms with Crippen molar-refractivity contribution >= 4 is 17.2 Å². The monoisotopic (exact) mass is 364 g/mol. The van der Waals surface area contributed by atoms with E-state index in [1.54, 1.807) is 20.2 Å². The van der Waals surface area contributed by atoms with E-state index in [1.807, 2.05) is 24.3 Å². The molecule has 140 valence electrons. The Morgan fingerprint density at radius 2 is 1.67 bits per heavy atom. The second-order valence-corrected chi connectivity index (χ2v) is 7.28. The van der Waals surface area contributed by atoms with Gasteiger partial charge in [0.15, 0.2) is 0 Å². The number of carbonyl (C=O) groups excluding carboxylic acids is 1. The molecule has 2 aromatic carbocycles. The van der Waals surface area contributed by atoms with Gasteiger partial charge in [-0.05, 0) is 55.3 Å². The maximum atomic E-state index is 12.0. The summed E-state index contributed by atoms with van der Waals surface area (Å²) >= 11 is 0. The van der Waals surface area contributed by atoms with Crippen molar-refractivity contribution in [2.75, 3.05) is 34.2 Å². The molecule has 27 heavy (non-hydrogen) atoms. The van der Waals surface area contributed by atoms with E-state index >= 15 is 0 Å². The number of benzene rings is 2. The molecule has 0 bridgehead atoms. The van der Waals surface area contributed by atoms with E-state index in [9.17, 15) is 4.79 Å². The fourth-order valence-electron chi connectivity index (χ4n) is 3.63. The number of hydrogen-bond acceptors (Lipinski definition) is 4. The normalized spacial score (nSPS) is 16.3. The second kappa shape index (κ2) is 7.08. The van der Waals surface area contributed by atoms with Crippen molar-refractivity contribution in [2.24, 2.45) is 0 Å². The van der Waals surface area contributed by atoms with Gasteiger partial charge in [0.1, 0.15) is 17.2 Å². The van der Waals surface area contributed by atoms with Gasteiger partial charge < -0.3 is 19.3 Å². The van der Waals surface area contributed by atoms with Crippen molar-refractivity contribution in [3.63, 3.8) is 0 Å². The molecule has 1 amide bonds. The highest BCUT2D eigenvalue weighted by Crippen LogP contribution is 2.46. The minimum atomic E-state index is -0.387. The molecule has 0 atom stereocenters. The molecule has 0 fully saturated rings. The Balaban J connectivity index is 1.84. The highest BCUT2D eigenvalue weighted by Gasteiger charge is 2.26. The standard InChI is InChI=1S/C22H24N2O3/c1-23(2)22(25)26-15-8-9-21-19(14-15)17-11-13-24(3)12-10-16(17)18-6-4-5-7-20(18)27-21/h4-9,14H,10-13H2,1-3H3. The van der Waals surface area contributed by atoms with Crippen molar-refractivity contribution in [3.05, 3.63) is 53.6 Å². The number of carbonyl (C=O) groups is 1. The lowest BCUT2D eigenvalue weighted by molar-refractivity contribution is 0.172. The Bertz CT molecular complexity index is 918. The van der Waals surface area contributed by atoms with E-state index in [0.29, 0.717) is 5.75 Å². The molecule has 0 N–H and O–H groups in total. The summed E-state index contributed by atoms with van der Waals surface area (Å²) in [5, 5.41) is 0. The van der Waals surface area contributed by atoms with Crippen LogP contribution in [0.1, 0.15) is 24.0 Å². The summed E-state index contributed by atoms with van der Waals surface area (Å²) in [7, 11) is 5.51. The SMILES string of the molecule is CN1CCC2=C(CC1)c1cc(OC(=O)N(C)C)ccc1Oc1ccccc12. The Kier molecular flexibility index (Phi) is 4.62. The van der Waals surface area contributed by atoms with Gasteiger partial charge in [0.25, 0.3) is 0 Å². The zero-order valence-corrected chi connectivity index (χ0v) is 16.0. The van der Waals surface area contributed by atoms with Crippen LogP contribution in [-0.2, 0) is 0 Å². The van der Waals surface area contributed by atoms with Crippen molar-refractivity contribution in [2.45, 2.75) is 12.8 Å². The molecule has 2 aliphatic rings. The van der Waals surface area contributed by atoms with Crippen molar-refractivity contribution < 1.29 is 14.3 Å². The molecule has 2 aliphatic heterocycles. The van der Waals surface area contributed by atoms with Gasteiger partial charge in [0.2, 0.25) is 0 Å². The molecule has 0 radical (unpaired) electrons. The summed E-state index contributed by atoms with van der Waals surface area (Å²) in [6.07, 6.45) is 1.51. The summed E-state index contributed by atoms with van der Waals surface area (Å²) in [6, 6.07) is 13.8. The van der Waals surface area contributed by atoms with Crippen LogP contribution < -0.4 is 9.47 Å².